The highest BCUT2D eigenvalue weighted by atomic mass is 32.2. The van der Waals surface area contributed by atoms with E-state index >= 15 is 0 Å². The van der Waals surface area contributed by atoms with Gasteiger partial charge in [0.2, 0.25) is 0 Å². The summed E-state index contributed by atoms with van der Waals surface area (Å²) in [5.74, 6) is -0.486. The van der Waals surface area contributed by atoms with Crippen molar-refractivity contribution in [2.75, 3.05) is 22.6 Å². The Morgan fingerprint density at radius 1 is 1.20 bits per heavy atom. The van der Waals surface area contributed by atoms with Crippen LogP contribution in [0.15, 0.2) is 57.3 Å². The van der Waals surface area contributed by atoms with E-state index in [4.69, 9.17) is 9.15 Å². The first-order chi connectivity index (χ1) is 17.0. The largest absolute Gasteiger partial charge is 0.461 e. The summed E-state index contributed by atoms with van der Waals surface area (Å²) in [6, 6.07) is 8.28. The predicted molar refractivity (Wildman–Crippen MR) is 130 cm³/mol. The summed E-state index contributed by atoms with van der Waals surface area (Å²) in [4.78, 5) is 28.6. The number of ether oxygens (including phenoxy) is 1. The lowest BCUT2D eigenvalue weighted by molar-refractivity contribution is -0.116. The number of benzene rings is 1. The lowest BCUT2D eigenvalue weighted by Crippen LogP contribution is -2.26. The molecule has 8 nitrogen and oxygen atoms in total. The number of fused-ring (bicyclic) bond motifs is 2. The maximum atomic E-state index is 13.5. The molecule has 3 aliphatic rings. The van der Waals surface area contributed by atoms with Gasteiger partial charge >= 0.3 is 5.97 Å². The second kappa shape index (κ2) is 8.53. The van der Waals surface area contributed by atoms with Crippen molar-refractivity contribution >= 4 is 40.6 Å². The standard InChI is InChI=1S/C25H23FN4O4S/c1-2-33-24(32)23-22-13(11-27-23)20(21-15(28-22)4-3-5-17(21)31)18-8-9-19(34-18)35-25-29-14-7-6-12(26)10-16(14)30-25/h6-11,20,25,27-30H,2-5H2,1H3. The predicted octanol–water partition coefficient (Wildman–Crippen LogP) is 5.40. The van der Waals surface area contributed by atoms with E-state index in [2.05, 4.69) is 20.9 Å². The minimum absolute atomic E-state index is 0.0792. The molecule has 1 aromatic carbocycles. The molecule has 1 aliphatic carbocycles. The molecule has 2 aliphatic heterocycles. The Balaban J connectivity index is 1.31. The number of hydrogen-bond donors (Lipinski definition) is 4. The molecular formula is C25H23FN4O4S. The van der Waals surface area contributed by atoms with E-state index < -0.39 is 11.9 Å². The quantitative estimate of drug-likeness (QED) is 0.349. The van der Waals surface area contributed by atoms with Crippen molar-refractivity contribution in [3.8, 4) is 0 Å². The number of aromatic amines is 1. The van der Waals surface area contributed by atoms with Crippen molar-refractivity contribution in [1.82, 2.24) is 4.98 Å². The van der Waals surface area contributed by atoms with Crippen molar-refractivity contribution < 1.29 is 23.1 Å². The Bertz CT molecular complexity index is 1380. The van der Waals surface area contributed by atoms with E-state index in [1.165, 1.54) is 23.9 Å². The van der Waals surface area contributed by atoms with E-state index in [9.17, 15) is 14.0 Å². The fraction of sp³-hybridized carbons (Fsp3) is 0.280. The molecule has 3 aromatic rings. The molecule has 2 atom stereocenters. The molecule has 6 rings (SSSR count). The Hall–Kier alpha value is -3.66. The lowest BCUT2D eigenvalue weighted by Gasteiger charge is -2.31. The van der Waals surface area contributed by atoms with Crippen LogP contribution in [-0.2, 0) is 9.53 Å². The molecule has 4 heterocycles. The van der Waals surface area contributed by atoms with Crippen LogP contribution in [-0.4, -0.2) is 28.8 Å². The average Bonchev–Trinajstić information content (AvgIpc) is 3.56. The van der Waals surface area contributed by atoms with Crippen molar-refractivity contribution in [2.45, 2.75) is 42.7 Å². The van der Waals surface area contributed by atoms with Crippen molar-refractivity contribution in [1.29, 1.82) is 0 Å². The van der Waals surface area contributed by atoms with Crippen LogP contribution < -0.4 is 16.0 Å². The van der Waals surface area contributed by atoms with Gasteiger partial charge in [0, 0.05) is 29.5 Å². The van der Waals surface area contributed by atoms with Gasteiger partial charge in [-0.3, -0.25) is 4.79 Å². The van der Waals surface area contributed by atoms with E-state index in [0.29, 0.717) is 39.9 Å². The molecular weight excluding hydrogens is 471 g/mol. The van der Waals surface area contributed by atoms with Gasteiger partial charge in [-0.15, -0.1) is 0 Å². The third-order valence-corrected chi connectivity index (χ3v) is 7.32. The fourth-order valence-electron chi connectivity index (χ4n) is 4.90. The number of carbonyl (C=O) groups is 2. The van der Waals surface area contributed by atoms with Crippen LogP contribution in [0.2, 0.25) is 0 Å². The van der Waals surface area contributed by atoms with Crippen molar-refractivity contribution in [3.05, 3.63) is 70.6 Å². The highest BCUT2D eigenvalue weighted by molar-refractivity contribution is 8.00. The molecule has 0 bridgehead atoms. The summed E-state index contributed by atoms with van der Waals surface area (Å²) in [5, 5.41) is 10.5. The number of ketones is 1. The first-order valence-electron chi connectivity index (χ1n) is 11.5. The molecule has 10 heteroatoms. The number of allylic oxidation sites excluding steroid dienone is 2. The molecule has 0 amide bonds. The number of hydrogen-bond acceptors (Lipinski definition) is 8. The number of halogens is 1. The van der Waals surface area contributed by atoms with E-state index in [1.54, 1.807) is 19.2 Å². The first kappa shape index (κ1) is 21.8. The molecule has 0 saturated carbocycles. The van der Waals surface area contributed by atoms with Crippen LogP contribution in [0.4, 0.5) is 21.5 Å². The van der Waals surface area contributed by atoms with Crippen LogP contribution >= 0.6 is 11.8 Å². The Morgan fingerprint density at radius 3 is 2.91 bits per heavy atom. The van der Waals surface area contributed by atoms with Crippen LogP contribution in [0.3, 0.4) is 0 Å². The van der Waals surface area contributed by atoms with Crippen LogP contribution in [0.1, 0.15) is 53.9 Å². The van der Waals surface area contributed by atoms with Gasteiger partial charge in [0.05, 0.1) is 29.6 Å². The maximum absolute atomic E-state index is 13.5. The molecule has 0 radical (unpaired) electrons. The molecule has 2 aromatic heterocycles. The van der Waals surface area contributed by atoms with E-state index in [0.717, 1.165) is 29.8 Å². The first-order valence-corrected chi connectivity index (χ1v) is 12.4. The number of aromatic nitrogens is 1. The molecule has 2 unspecified atom stereocenters. The zero-order valence-corrected chi connectivity index (χ0v) is 19.7. The minimum Gasteiger partial charge on any atom is -0.461 e. The Labute approximate surface area is 204 Å². The van der Waals surface area contributed by atoms with Crippen molar-refractivity contribution in [3.63, 3.8) is 0 Å². The third kappa shape index (κ3) is 3.78. The smallest absolute Gasteiger partial charge is 0.356 e. The zero-order valence-electron chi connectivity index (χ0n) is 18.9. The average molecular weight is 495 g/mol. The number of thioether (sulfide) groups is 1. The van der Waals surface area contributed by atoms with Gasteiger partial charge in [0.15, 0.2) is 16.4 Å². The number of anilines is 3. The molecule has 35 heavy (non-hydrogen) atoms. The molecule has 0 spiro atoms. The normalized spacial score (nSPS) is 20.3. The Kier molecular flexibility index (Phi) is 5.32. The van der Waals surface area contributed by atoms with E-state index in [-0.39, 0.29) is 23.7 Å². The lowest BCUT2D eigenvalue weighted by atomic mass is 9.78. The number of H-pyrrole nitrogens is 1. The van der Waals surface area contributed by atoms with Gasteiger partial charge in [-0.1, -0.05) is 0 Å². The van der Waals surface area contributed by atoms with Gasteiger partial charge < -0.3 is 30.1 Å². The Morgan fingerprint density at radius 2 is 2.06 bits per heavy atom. The van der Waals surface area contributed by atoms with Gasteiger partial charge in [-0.2, -0.15) is 0 Å². The van der Waals surface area contributed by atoms with Crippen LogP contribution in [0.5, 0.6) is 0 Å². The van der Waals surface area contributed by atoms with Gasteiger partial charge in [-0.05, 0) is 61.9 Å². The second-order valence-electron chi connectivity index (χ2n) is 8.57. The van der Waals surface area contributed by atoms with E-state index in [1.807, 2.05) is 12.1 Å². The van der Waals surface area contributed by atoms with Gasteiger partial charge in [0.1, 0.15) is 17.3 Å². The number of nitrogens with one attached hydrogen (secondary N) is 4. The summed E-state index contributed by atoms with van der Waals surface area (Å²) in [7, 11) is 0. The third-order valence-electron chi connectivity index (χ3n) is 6.40. The van der Waals surface area contributed by atoms with Crippen LogP contribution in [0.25, 0.3) is 0 Å². The summed E-state index contributed by atoms with van der Waals surface area (Å²) < 4.78 is 25.0. The summed E-state index contributed by atoms with van der Waals surface area (Å²) >= 11 is 1.42. The summed E-state index contributed by atoms with van der Waals surface area (Å²) in [6.45, 7) is 2.02. The number of carbonyl (C=O) groups excluding carboxylic acids is 2. The molecule has 0 saturated heterocycles. The van der Waals surface area contributed by atoms with Crippen molar-refractivity contribution in [2.24, 2.45) is 0 Å². The van der Waals surface area contributed by atoms with Crippen LogP contribution in [0, 0.1) is 5.82 Å². The van der Waals surface area contributed by atoms with Gasteiger partial charge in [-0.25, -0.2) is 9.18 Å². The monoisotopic (exact) mass is 494 g/mol. The number of esters is 1. The maximum Gasteiger partial charge on any atom is 0.356 e. The number of furan rings is 1. The minimum atomic E-state index is -0.448. The fourth-order valence-corrected chi connectivity index (χ4v) is 5.80. The summed E-state index contributed by atoms with van der Waals surface area (Å²) in [6.07, 6.45) is 3.70. The molecule has 4 N–H and O–H groups in total. The highest BCUT2D eigenvalue weighted by Crippen LogP contribution is 2.48. The number of Topliss-reactive ketones (excluding diaryl/α,β-unsaturated/α-hetero) is 1. The number of rotatable bonds is 5. The zero-order chi connectivity index (χ0) is 24.1. The topological polar surface area (TPSA) is 108 Å². The second-order valence-corrected chi connectivity index (χ2v) is 9.68. The van der Waals surface area contributed by atoms with Gasteiger partial charge in [0.25, 0.3) is 0 Å². The highest BCUT2D eigenvalue weighted by Gasteiger charge is 2.39. The molecule has 180 valence electrons. The molecule has 0 fully saturated rings. The summed E-state index contributed by atoms with van der Waals surface area (Å²) in [5.41, 5.74) is 4.52. The SMILES string of the molecule is CCOC(=O)c1[nH]cc2c1NC1=C(C(=O)CCC1)C2c1ccc(SC2Nc3ccc(F)cc3N2)o1.